The number of aliphatic hydroxyl groups excluding tert-OH is 2. The standard InChI is InChI=1S/C47H59NO14/c1-9-10-13-22-34(52)48(8)36(29-18-14-11-15-19-29)37(53)43(56)60-31-24-47(57)41(61-42(55)30-20-16-12-17-21-30)39-45(7,32(51)23-33-46(39,25-58-33)62-28(4)50)40(54)38(59-27(3)49)35(26(31)2)44(47,5)6/h11-12,14-21,31-33,36-39,41,51,53,57H,9-10,13,22-25H2,1-8H3/t31-,32-,33+,36?,37+,38+,39-,41-,45+,46-,47+/m0/s1. The molecule has 15 heteroatoms. The highest BCUT2D eigenvalue weighted by Gasteiger charge is 2.78. The van der Waals surface area contributed by atoms with Crippen LogP contribution in [0.3, 0.4) is 0 Å². The van der Waals surface area contributed by atoms with Gasteiger partial charge in [0.05, 0.1) is 35.6 Å². The normalized spacial score (nSPS) is 32.0. The number of nitrogens with zero attached hydrogens (tertiary/aromatic N) is 1. The number of likely N-dealkylation sites (N-methyl/N-ethyl adjacent to an activating group) is 1. The van der Waals surface area contributed by atoms with E-state index in [0.717, 1.165) is 26.7 Å². The number of Topliss-reactive ketones (excluding diaryl/α,β-unsaturated/α-hetero) is 1. The van der Waals surface area contributed by atoms with Crippen LogP contribution in [0.5, 0.6) is 0 Å². The molecule has 3 aliphatic carbocycles. The van der Waals surface area contributed by atoms with Crippen molar-refractivity contribution in [1.82, 2.24) is 4.90 Å². The highest BCUT2D eigenvalue weighted by molar-refractivity contribution is 5.95. The number of benzene rings is 2. The molecule has 6 rings (SSSR count). The Labute approximate surface area is 361 Å². The molecule has 1 aliphatic heterocycles. The number of unbranched alkanes of at least 4 members (excludes halogenated alkanes) is 2. The second-order valence-corrected chi connectivity index (χ2v) is 17.9. The van der Waals surface area contributed by atoms with Gasteiger partial charge in [0, 0.05) is 45.6 Å². The largest absolute Gasteiger partial charge is 0.456 e. The third-order valence-corrected chi connectivity index (χ3v) is 13.9. The van der Waals surface area contributed by atoms with Gasteiger partial charge in [0.25, 0.3) is 0 Å². The zero-order valence-corrected chi connectivity index (χ0v) is 36.6. The topological polar surface area (TPSA) is 212 Å². The number of ketones is 1. The first kappa shape index (κ1) is 46.5. The Morgan fingerprint density at radius 3 is 2.11 bits per heavy atom. The number of esters is 4. The van der Waals surface area contributed by atoms with Crippen LogP contribution in [0.4, 0.5) is 0 Å². The van der Waals surface area contributed by atoms with Crippen molar-refractivity contribution < 1.29 is 67.8 Å². The van der Waals surface area contributed by atoms with Crippen LogP contribution < -0.4 is 0 Å². The van der Waals surface area contributed by atoms with Gasteiger partial charge in [0.1, 0.15) is 23.9 Å². The van der Waals surface area contributed by atoms with Crippen molar-refractivity contribution in [1.29, 1.82) is 0 Å². The minimum Gasteiger partial charge on any atom is -0.456 e. The van der Waals surface area contributed by atoms with Crippen molar-refractivity contribution in [3.05, 3.63) is 82.9 Å². The third-order valence-electron chi connectivity index (χ3n) is 13.9. The smallest absolute Gasteiger partial charge is 0.338 e. The average molecular weight is 862 g/mol. The predicted molar refractivity (Wildman–Crippen MR) is 221 cm³/mol. The second-order valence-electron chi connectivity index (χ2n) is 17.9. The second kappa shape index (κ2) is 17.7. The molecule has 0 spiro atoms. The summed E-state index contributed by atoms with van der Waals surface area (Å²) < 4.78 is 30.4. The number of amides is 1. The lowest BCUT2D eigenvalue weighted by Crippen LogP contribution is -2.82. The van der Waals surface area contributed by atoms with Gasteiger partial charge in [0.15, 0.2) is 23.6 Å². The third kappa shape index (κ3) is 7.86. The van der Waals surface area contributed by atoms with E-state index in [1.54, 1.807) is 69.3 Å². The molecule has 62 heavy (non-hydrogen) atoms. The van der Waals surface area contributed by atoms with Crippen LogP contribution in [0.1, 0.15) is 109 Å². The fraction of sp³-hybridized carbons (Fsp3) is 0.574. The monoisotopic (exact) mass is 861 g/mol. The molecule has 336 valence electrons. The first-order chi connectivity index (χ1) is 29.2. The zero-order valence-electron chi connectivity index (χ0n) is 36.6. The van der Waals surface area contributed by atoms with Crippen LogP contribution >= 0.6 is 0 Å². The van der Waals surface area contributed by atoms with Gasteiger partial charge in [0.2, 0.25) is 5.91 Å². The van der Waals surface area contributed by atoms with Crippen LogP contribution in [0, 0.1) is 16.7 Å². The van der Waals surface area contributed by atoms with E-state index in [4.69, 9.17) is 23.7 Å². The molecule has 2 saturated carbocycles. The molecule has 3 fully saturated rings. The van der Waals surface area contributed by atoms with Crippen molar-refractivity contribution in [3.8, 4) is 0 Å². The number of hydrogen-bond donors (Lipinski definition) is 3. The SMILES string of the molecule is CCCCCC(=O)N(C)C(c1ccccc1)[C@@H](O)C(=O)O[C@H]1C[C@@]2(O)[C@@H](OC(=O)c3ccccc3)[C@@H]3[C@]4(OC(C)=O)CO[C@@H]4C[C@H](O)[C@@]3(C)C(=O)[C@H](OC(C)=O)C(=C1C)C2(C)C. The molecule has 0 aromatic heterocycles. The summed E-state index contributed by atoms with van der Waals surface area (Å²) in [4.78, 5) is 84.9. The molecule has 0 radical (unpaired) electrons. The maximum atomic E-state index is 15.5. The van der Waals surface area contributed by atoms with E-state index in [2.05, 4.69) is 0 Å². The molecule has 1 unspecified atom stereocenters. The lowest BCUT2D eigenvalue weighted by molar-refractivity contribution is -0.346. The summed E-state index contributed by atoms with van der Waals surface area (Å²) in [7, 11) is 1.49. The maximum absolute atomic E-state index is 15.5. The van der Waals surface area contributed by atoms with Crippen LogP contribution in [0.25, 0.3) is 0 Å². The lowest BCUT2D eigenvalue weighted by Gasteiger charge is -2.67. The molecule has 15 nitrogen and oxygen atoms in total. The molecule has 2 bridgehead atoms. The van der Waals surface area contributed by atoms with Crippen molar-refractivity contribution in [3.63, 3.8) is 0 Å². The molecular formula is C47H59NO14. The van der Waals surface area contributed by atoms with Crippen molar-refractivity contribution in [2.45, 2.75) is 141 Å². The Balaban J connectivity index is 1.53. The molecule has 2 aromatic carbocycles. The quantitative estimate of drug-likeness (QED) is 0.111. The number of ether oxygens (including phenoxy) is 5. The van der Waals surface area contributed by atoms with Crippen molar-refractivity contribution in [2.24, 2.45) is 16.7 Å². The van der Waals surface area contributed by atoms with Gasteiger partial charge in [-0.3, -0.25) is 19.2 Å². The molecule has 4 aliphatic rings. The van der Waals surface area contributed by atoms with E-state index < -0.39 is 107 Å². The maximum Gasteiger partial charge on any atom is 0.338 e. The van der Waals surface area contributed by atoms with Crippen LogP contribution in [-0.4, -0.2) is 117 Å². The summed E-state index contributed by atoms with van der Waals surface area (Å²) in [5, 5.41) is 37.7. The van der Waals surface area contributed by atoms with Gasteiger partial charge in [-0.1, -0.05) is 82.1 Å². The van der Waals surface area contributed by atoms with E-state index in [-0.39, 0.29) is 42.1 Å². The Hall–Kier alpha value is -4.96. The summed E-state index contributed by atoms with van der Waals surface area (Å²) in [6.45, 7) is 10.1. The average Bonchev–Trinajstić information content (AvgIpc) is 3.22. The van der Waals surface area contributed by atoms with Crippen LogP contribution in [-0.2, 0) is 47.7 Å². The first-order valence-electron chi connectivity index (χ1n) is 21.3. The number of aliphatic hydroxyl groups is 3. The van der Waals surface area contributed by atoms with E-state index in [1.165, 1.54) is 31.0 Å². The van der Waals surface area contributed by atoms with Gasteiger partial charge in [-0.05, 0) is 49.1 Å². The Morgan fingerprint density at radius 2 is 1.55 bits per heavy atom. The van der Waals surface area contributed by atoms with Crippen molar-refractivity contribution >= 4 is 35.6 Å². The first-order valence-corrected chi connectivity index (χ1v) is 21.3. The summed E-state index contributed by atoms with van der Waals surface area (Å²) in [5.74, 6) is -6.44. The van der Waals surface area contributed by atoms with Gasteiger partial charge in [-0.25, -0.2) is 9.59 Å². The molecule has 11 atom stereocenters. The summed E-state index contributed by atoms with van der Waals surface area (Å²) in [6.07, 6.45) is -7.86. The van der Waals surface area contributed by atoms with Crippen LogP contribution in [0.2, 0.25) is 0 Å². The zero-order chi connectivity index (χ0) is 45.5. The Bertz CT molecular complexity index is 2090. The van der Waals surface area contributed by atoms with Gasteiger partial charge in [-0.2, -0.15) is 0 Å². The summed E-state index contributed by atoms with van der Waals surface area (Å²) in [6, 6.07) is 15.2. The lowest BCUT2D eigenvalue weighted by atomic mass is 9.44. The highest BCUT2D eigenvalue weighted by Crippen LogP contribution is 2.64. The molecule has 1 amide bonds. The summed E-state index contributed by atoms with van der Waals surface area (Å²) >= 11 is 0. The highest BCUT2D eigenvalue weighted by atomic mass is 16.6. The fourth-order valence-electron chi connectivity index (χ4n) is 10.5. The van der Waals surface area contributed by atoms with Crippen molar-refractivity contribution in [2.75, 3.05) is 13.7 Å². The molecule has 2 aromatic rings. The van der Waals surface area contributed by atoms with E-state index in [9.17, 15) is 39.3 Å². The van der Waals surface area contributed by atoms with E-state index in [1.807, 2.05) is 6.92 Å². The Morgan fingerprint density at radius 1 is 0.919 bits per heavy atom. The molecular weight excluding hydrogens is 803 g/mol. The van der Waals surface area contributed by atoms with E-state index >= 15 is 4.79 Å². The minimum atomic E-state index is -2.37. The van der Waals surface area contributed by atoms with Gasteiger partial charge >= 0.3 is 23.9 Å². The number of rotatable bonds is 13. The van der Waals surface area contributed by atoms with Crippen LogP contribution in [0.15, 0.2) is 71.8 Å². The predicted octanol–water partition coefficient (Wildman–Crippen LogP) is 4.34. The number of carbonyl (C=O) groups is 6. The molecule has 1 heterocycles. The van der Waals surface area contributed by atoms with Gasteiger partial charge in [-0.15, -0.1) is 0 Å². The fourth-order valence-corrected chi connectivity index (χ4v) is 10.5. The van der Waals surface area contributed by atoms with E-state index in [0.29, 0.717) is 12.0 Å². The number of carbonyl (C=O) groups excluding carboxylic acids is 6. The Kier molecular flexibility index (Phi) is 13.3. The molecule has 1 saturated heterocycles. The van der Waals surface area contributed by atoms with Gasteiger partial charge < -0.3 is 43.9 Å². The number of hydrogen-bond acceptors (Lipinski definition) is 14. The summed E-state index contributed by atoms with van der Waals surface area (Å²) in [5.41, 5.74) is -7.08. The minimum absolute atomic E-state index is 0.0164. The number of fused-ring (bicyclic) bond motifs is 5. The molecule has 3 N–H and O–H groups in total.